The molecular formula is C34H31ClFN7O. The van der Waals surface area contributed by atoms with E-state index in [-0.39, 0.29) is 30.3 Å². The molecule has 0 aliphatic carbocycles. The summed E-state index contributed by atoms with van der Waals surface area (Å²) < 4.78 is 14.9. The van der Waals surface area contributed by atoms with E-state index in [0.29, 0.717) is 46.3 Å². The summed E-state index contributed by atoms with van der Waals surface area (Å²) in [5.74, 6) is -0.0360. The fourth-order valence-corrected chi connectivity index (χ4v) is 5.71. The molecule has 3 aliphatic heterocycles. The highest BCUT2D eigenvalue weighted by molar-refractivity contribution is 6.31. The van der Waals surface area contributed by atoms with Crippen LogP contribution < -0.4 is 16.0 Å². The molecule has 222 valence electrons. The molecule has 0 aromatic heterocycles. The van der Waals surface area contributed by atoms with Gasteiger partial charge in [0.2, 0.25) is 0 Å². The number of aliphatic imine (C=N–C) groups is 2. The maximum atomic E-state index is 14.9. The summed E-state index contributed by atoms with van der Waals surface area (Å²) in [4.78, 5) is 24.1. The lowest BCUT2D eigenvalue weighted by Gasteiger charge is -2.33. The standard InChI is InChI=1S/C34H31ClFN7O/c1-20-15-30(41-25-10-7-22(8-11-25)33(44)42-34(37)43-14-13-38-21(2)19-43)39-17-23-18-40-32(27-5-3-4-6-29(27)36)28-16-24(35)9-12-26(28)31(20)23/h3-12,15-17,21,38,41H,1,13-14,18-19H2,2H3,(H2,37,42,44). The van der Waals surface area contributed by atoms with Crippen molar-refractivity contribution in [3.05, 3.63) is 129 Å². The Labute approximate surface area is 260 Å². The molecule has 6 rings (SSSR count). The van der Waals surface area contributed by atoms with E-state index in [1.807, 2.05) is 17.0 Å². The van der Waals surface area contributed by atoms with Gasteiger partial charge in [0.15, 0.2) is 5.96 Å². The van der Waals surface area contributed by atoms with Crippen LogP contribution in [0.15, 0.2) is 106 Å². The predicted octanol–water partition coefficient (Wildman–Crippen LogP) is 5.64. The minimum Gasteiger partial charge on any atom is -0.340 e. The molecule has 10 heteroatoms. The smallest absolute Gasteiger partial charge is 0.257 e. The van der Waals surface area contributed by atoms with Gasteiger partial charge in [-0.05, 0) is 78.2 Å². The van der Waals surface area contributed by atoms with Crippen LogP contribution >= 0.6 is 11.6 Å². The molecule has 1 amide bonds. The van der Waals surface area contributed by atoms with Crippen LogP contribution in [0.3, 0.4) is 0 Å². The lowest BCUT2D eigenvalue weighted by Crippen LogP contribution is -2.55. The molecule has 0 bridgehead atoms. The van der Waals surface area contributed by atoms with Gasteiger partial charge in [0.05, 0.1) is 12.3 Å². The number of fused-ring (bicyclic) bond motifs is 2. The largest absolute Gasteiger partial charge is 0.340 e. The molecule has 0 saturated carbocycles. The summed E-state index contributed by atoms with van der Waals surface area (Å²) in [5.41, 5.74) is 6.08. The van der Waals surface area contributed by atoms with Crippen molar-refractivity contribution in [2.24, 2.45) is 9.98 Å². The minimum atomic E-state index is -0.357. The van der Waals surface area contributed by atoms with E-state index in [0.717, 1.165) is 34.5 Å². The number of allylic oxidation sites excluding steroid dienone is 3. The number of carbonyl (C=O) groups is 1. The normalized spacial score (nSPS) is 17.9. The SMILES string of the molecule is C=C1C=C(Nc2ccc(C(=O)NC(=N)N3CCNC(C)C3)cc2)N=CC2=C1c1ccc(Cl)cc1C(c1ccccc1F)=NC2. The minimum absolute atomic E-state index is 0.100. The first kappa shape index (κ1) is 29.2. The molecule has 3 aliphatic rings. The molecular weight excluding hydrogens is 577 g/mol. The fraction of sp³-hybridized carbons (Fsp3) is 0.176. The van der Waals surface area contributed by atoms with Gasteiger partial charge >= 0.3 is 0 Å². The number of amides is 1. The van der Waals surface area contributed by atoms with Crippen LogP contribution in [0.5, 0.6) is 0 Å². The molecule has 1 fully saturated rings. The molecule has 1 atom stereocenters. The van der Waals surface area contributed by atoms with E-state index in [9.17, 15) is 9.18 Å². The van der Waals surface area contributed by atoms with Gasteiger partial charge < -0.3 is 15.5 Å². The van der Waals surface area contributed by atoms with Crippen LogP contribution in [0.2, 0.25) is 5.02 Å². The van der Waals surface area contributed by atoms with Crippen molar-refractivity contribution in [2.75, 3.05) is 31.5 Å². The second-order valence-corrected chi connectivity index (χ2v) is 11.3. The lowest BCUT2D eigenvalue weighted by atomic mass is 9.88. The first-order valence-corrected chi connectivity index (χ1v) is 14.7. The van der Waals surface area contributed by atoms with Gasteiger partial charge in [-0.2, -0.15) is 0 Å². The Morgan fingerprint density at radius 3 is 2.68 bits per heavy atom. The Hall–Kier alpha value is -4.86. The predicted molar refractivity (Wildman–Crippen MR) is 175 cm³/mol. The lowest BCUT2D eigenvalue weighted by molar-refractivity contribution is 0.0970. The second-order valence-electron chi connectivity index (χ2n) is 10.9. The number of rotatable bonds is 4. The molecule has 1 unspecified atom stereocenters. The van der Waals surface area contributed by atoms with Crippen LogP contribution in [-0.2, 0) is 0 Å². The highest BCUT2D eigenvalue weighted by Crippen LogP contribution is 2.36. The van der Waals surface area contributed by atoms with Crippen molar-refractivity contribution in [1.82, 2.24) is 15.5 Å². The summed E-state index contributed by atoms with van der Waals surface area (Å²) in [5, 5.41) is 18.1. The average molecular weight is 608 g/mol. The van der Waals surface area contributed by atoms with E-state index in [1.165, 1.54) is 6.07 Å². The first-order valence-electron chi connectivity index (χ1n) is 14.3. The molecule has 3 heterocycles. The molecule has 8 nitrogen and oxygen atoms in total. The molecule has 0 radical (unpaired) electrons. The zero-order valence-electron chi connectivity index (χ0n) is 24.1. The third kappa shape index (κ3) is 6.10. The zero-order valence-corrected chi connectivity index (χ0v) is 24.9. The summed E-state index contributed by atoms with van der Waals surface area (Å²) in [7, 11) is 0. The van der Waals surface area contributed by atoms with E-state index in [4.69, 9.17) is 22.0 Å². The van der Waals surface area contributed by atoms with Crippen LogP contribution in [0.25, 0.3) is 5.57 Å². The number of hydrogen-bond acceptors (Lipinski definition) is 6. The number of carbonyl (C=O) groups excluding carboxylic acids is 1. The van der Waals surface area contributed by atoms with Crippen molar-refractivity contribution in [3.63, 3.8) is 0 Å². The van der Waals surface area contributed by atoms with Crippen LogP contribution in [0.1, 0.15) is 34.0 Å². The maximum Gasteiger partial charge on any atom is 0.257 e. The van der Waals surface area contributed by atoms with Crippen molar-refractivity contribution < 1.29 is 9.18 Å². The van der Waals surface area contributed by atoms with Crippen LogP contribution in [0, 0.1) is 11.2 Å². The summed E-state index contributed by atoms with van der Waals surface area (Å²) >= 11 is 6.40. The molecule has 3 aromatic carbocycles. The Balaban J connectivity index is 1.20. The number of benzene rings is 3. The van der Waals surface area contributed by atoms with E-state index < -0.39 is 0 Å². The number of hydrogen-bond donors (Lipinski definition) is 4. The second kappa shape index (κ2) is 12.4. The maximum absolute atomic E-state index is 14.9. The Morgan fingerprint density at radius 1 is 1.11 bits per heavy atom. The number of nitrogens with zero attached hydrogens (tertiary/aromatic N) is 3. The third-order valence-corrected chi connectivity index (χ3v) is 7.93. The van der Waals surface area contributed by atoms with E-state index in [2.05, 4.69) is 34.4 Å². The quantitative estimate of drug-likeness (QED) is 0.228. The molecule has 4 N–H and O–H groups in total. The highest BCUT2D eigenvalue weighted by atomic mass is 35.5. The number of nitrogens with one attached hydrogen (secondary N) is 4. The molecule has 1 saturated heterocycles. The van der Waals surface area contributed by atoms with Gasteiger partial charge in [-0.3, -0.25) is 20.5 Å². The topological polar surface area (TPSA) is 105 Å². The van der Waals surface area contributed by atoms with Crippen molar-refractivity contribution in [2.45, 2.75) is 13.0 Å². The van der Waals surface area contributed by atoms with Gasteiger partial charge in [-0.25, -0.2) is 9.38 Å². The summed E-state index contributed by atoms with van der Waals surface area (Å²) in [6.07, 6.45) is 3.60. The van der Waals surface area contributed by atoms with Crippen molar-refractivity contribution in [3.8, 4) is 0 Å². The molecule has 3 aromatic rings. The summed E-state index contributed by atoms with van der Waals surface area (Å²) in [6.45, 7) is 8.78. The molecule has 0 spiro atoms. The number of piperazine rings is 1. The third-order valence-electron chi connectivity index (χ3n) is 7.69. The zero-order chi connectivity index (χ0) is 30.8. The van der Waals surface area contributed by atoms with Crippen molar-refractivity contribution >= 4 is 46.7 Å². The summed E-state index contributed by atoms with van der Waals surface area (Å²) in [6, 6.07) is 19.3. The van der Waals surface area contributed by atoms with Gasteiger partial charge in [-0.1, -0.05) is 36.4 Å². The van der Waals surface area contributed by atoms with Gasteiger partial charge in [0.25, 0.3) is 5.91 Å². The van der Waals surface area contributed by atoms with Gasteiger partial charge in [0.1, 0.15) is 11.6 Å². The van der Waals surface area contributed by atoms with Gasteiger partial charge in [0, 0.05) is 64.9 Å². The monoisotopic (exact) mass is 607 g/mol. The van der Waals surface area contributed by atoms with Gasteiger partial charge in [-0.15, -0.1) is 0 Å². The van der Waals surface area contributed by atoms with Crippen molar-refractivity contribution in [1.29, 1.82) is 5.41 Å². The number of halogens is 2. The van der Waals surface area contributed by atoms with Crippen LogP contribution in [0.4, 0.5) is 10.1 Å². The Morgan fingerprint density at radius 2 is 1.91 bits per heavy atom. The Kier molecular flexibility index (Phi) is 8.23. The first-order chi connectivity index (χ1) is 21.3. The highest BCUT2D eigenvalue weighted by Gasteiger charge is 2.25. The molecule has 44 heavy (non-hydrogen) atoms. The number of guanidine groups is 1. The van der Waals surface area contributed by atoms with Crippen LogP contribution in [-0.4, -0.2) is 60.9 Å². The number of anilines is 1. The average Bonchev–Trinajstić information content (AvgIpc) is 3.26. The fourth-order valence-electron chi connectivity index (χ4n) is 5.54. The Bertz CT molecular complexity index is 1790. The van der Waals surface area contributed by atoms with E-state index >= 15 is 0 Å². The van der Waals surface area contributed by atoms with E-state index in [1.54, 1.807) is 60.8 Å².